The second kappa shape index (κ2) is 8.90. The maximum Gasteiger partial charge on any atom is 0.277 e. The summed E-state index contributed by atoms with van der Waals surface area (Å²) in [6, 6.07) is 18.6. The van der Waals surface area contributed by atoms with Crippen molar-refractivity contribution >= 4 is 42.5 Å². The normalized spacial score (nSPS) is 12.6. The number of carbonyl (C=O) groups excluding carboxylic acids is 1. The highest BCUT2D eigenvalue weighted by atomic mass is 32.3. The Kier molecular flexibility index (Phi) is 6.34. The number of fused-ring (bicyclic) bond motifs is 1. The molecule has 4 rings (SSSR count). The zero-order valence-electron chi connectivity index (χ0n) is 20.8. The van der Waals surface area contributed by atoms with E-state index in [2.05, 4.69) is 0 Å². The monoisotopic (exact) mass is 524 g/mol. The molecule has 7 nitrogen and oxygen atoms in total. The number of anilines is 1. The lowest BCUT2D eigenvalue weighted by Crippen LogP contribution is -2.37. The first kappa shape index (κ1) is 25.7. The van der Waals surface area contributed by atoms with Crippen molar-refractivity contribution in [2.75, 3.05) is 3.71 Å². The number of rotatable bonds is 5. The third kappa shape index (κ3) is 4.44. The molecule has 36 heavy (non-hydrogen) atoms. The average Bonchev–Trinajstić information content (AvgIpc) is 3.17. The molecule has 0 aliphatic carbocycles. The van der Waals surface area contributed by atoms with Crippen LogP contribution in [0, 0.1) is 19.3 Å². The third-order valence-corrected chi connectivity index (χ3v) is 10.0. The highest BCUT2D eigenvalue weighted by Gasteiger charge is 2.39. The fraction of sp³-hybridized carbons (Fsp3) is 0.222. The molecule has 0 aliphatic heterocycles. The topological polar surface area (TPSA) is 93.5 Å². The lowest BCUT2D eigenvalue weighted by atomic mass is 9.95. The molecule has 3 aromatic carbocycles. The Balaban J connectivity index is 2.07. The highest BCUT2D eigenvalue weighted by molar-refractivity contribution is 8.10. The smallest absolute Gasteiger partial charge is 0.277 e. The number of hydrogen-bond donors (Lipinski definition) is 0. The van der Waals surface area contributed by atoms with Crippen molar-refractivity contribution in [3.05, 3.63) is 90.1 Å². The minimum atomic E-state index is -4.61. The van der Waals surface area contributed by atoms with E-state index in [9.17, 15) is 21.6 Å². The summed E-state index contributed by atoms with van der Waals surface area (Å²) in [4.78, 5) is 12.9. The Hall–Kier alpha value is -3.43. The summed E-state index contributed by atoms with van der Waals surface area (Å²) in [5.74, 6) is -0.301. The van der Waals surface area contributed by atoms with Crippen molar-refractivity contribution in [2.24, 2.45) is 5.41 Å². The SMILES string of the molecule is Cc1ccc(S(=O)(=O)N(c2cn(C(=O)C(C)(C)C)c3ccccc23)S(=O)(=O)c2ccc(C)cc2)cc1. The van der Waals surface area contributed by atoms with Crippen LogP contribution in [0.5, 0.6) is 0 Å². The fourth-order valence-corrected chi connectivity index (χ4v) is 7.54. The van der Waals surface area contributed by atoms with Gasteiger partial charge in [-0.05, 0) is 44.2 Å². The summed E-state index contributed by atoms with van der Waals surface area (Å²) in [6.45, 7) is 8.85. The van der Waals surface area contributed by atoms with E-state index < -0.39 is 25.5 Å². The molecule has 188 valence electrons. The summed E-state index contributed by atoms with van der Waals surface area (Å²) >= 11 is 0. The van der Waals surface area contributed by atoms with E-state index in [1.807, 2.05) is 13.8 Å². The number of aromatic nitrogens is 1. The number of aryl methyl sites for hydroxylation is 2. The van der Waals surface area contributed by atoms with Crippen LogP contribution < -0.4 is 3.71 Å². The predicted octanol–water partition coefficient (Wildman–Crippen LogP) is 5.53. The Labute approximate surface area is 212 Å². The first-order valence-corrected chi connectivity index (χ1v) is 14.2. The van der Waals surface area contributed by atoms with E-state index in [-0.39, 0.29) is 21.4 Å². The van der Waals surface area contributed by atoms with Gasteiger partial charge in [0, 0.05) is 17.0 Å². The molecular formula is C27H28N2O5S2. The van der Waals surface area contributed by atoms with Crippen LogP contribution in [-0.4, -0.2) is 27.3 Å². The van der Waals surface area contributed by atoms with E-state index in [4.69, 9.17) is 0 Å². The lowest BCUT2D eigenvalue weighted by molar-refractivity contribution is 0.0772. The van der Waals surface area contributed by atoms with Crippen molar-refractivity contribution in [2.45, 2.75) is 44.4 Å². The van der Waals surface area contributed by atoms with Crippen LogP contribution >= 0.6 is 0 Å². The van der Waals surface area contributed by atoms with Gasteiger partial charge in [0.1, 0.15) is 0 Å². The Morgan fingerprint density at radius 2 is 1.17 bits per heavy atom. The van der Waals surface area contributed by atoms with Crippen molar-refractivity contribution in [1.29, 1.82) is 0 Å². The van der Waals surface area contributed by atoms with Gasteiger partial charge in [-0.2, -0.15) is 3.71 Å². The first-order valence-electron chi connectivity index (χ1n) is 11.3. The summed E-state index contributed by atoms with van der Waals surface area (Å²) in [7, 11) is -9.21. The van der Waals surface area contributed by atoms with Crippen molar-refractivity contribution < 1.29 is 21.6 Å². The third-order valence-electron chi connectivity index (χ3n) is 5.82. The van der Waals surface area contributed by atoms with Gasteiger partial charge in [-0.15, -0.1) is 0 Å². The molecule has 0 unspecified atom stereocenters. The highest BCUT2D eigenvalue weighted by Crippen LogP contribution is 2.38. The molecule has 4 aromatic rings. The molecule has 0 aliphatic rings. The number of nitrogens with zero attached hydrogens (tertiary/aromatic N) is 2. The number of carbonyl (C=O) groups is 1. The van der Waals surface area contributed by atoms with Gasteiger partial charge < -0.3 is 0 Å². The minimum absolute atomic E-state index is 0.121. The van der Waals surface area contributed by atoms with Gasteiger partial charge in [0.15, 0.2) is 0 Å². The van der Waals surface area contributed by atoms with Crippen molar-refractivity contribution in [3.63, 3.8) is 0 Å². The number of para-hydroxylation sites is 1. The van der Waals surface area contributed by atoms with Gasteiger partial charge in [-0.1, -0.05) is 74.4 Å². The second-order valence-corrected chi connectivity index (χ2v) is 13.6. The van der Waals surface area contributed by atoms with Gasteiger partial charge in [0.25, 0.3) is 20.0 Å². The second-order valence-electron chi connectivity index (χ2n) is 9.79. The fourth-order valence-electron chi connectivity index (χ4n) is 3.84. The Bertz CT molecular complexity index is 1590. The largest absolute Gasteiger partial charge is 0.285 e. The maximum absolute atomic E-state index is 14.0. The van der Waals surface area contributed by atoms with Gasteiger partial charge >= 0.3 is 0 Å². The van der Waals surface area contributed by atoms with Gasteiger partial charge in [0.2, 0.25) is 5.91 Å². The molecular weight excluding hydrogens is 496 g/mol. The Morgan fingerprint density at radius 1 is 0.722 bits per heavy atom. The average molecular weight is 525 g/mol. The Morgan fingerprint density at radius 3 is 1.61 bits per heavy atom. The predicted molar refractivity (Wildman–Crippen MR) is 141 cm³/mol. The zero-order valence-corrected chi connectivity index (χ0v) is 22.4. The van der Waals surface area contributed by atoms with E-state index in [1.165, 1.54) is 35.0 Å². The van der Waals surface area contributed by atoms with Crippen molar-refractivity contribution in [1.82, 2.24) is 4.57 Å². The van der Waals surface area contributed by atoms with E-state index in [0.29, 0.717) is 14.6 Å². The molecule has 0 bridgehead atoms. The van der Waals surface area contributed by atoms with Gasteiger partial charge in [0.05, 0.1) is 21.0 Å². The molecule has 0 fully saturated rings. The van der Waals surface area contributed by atoms with Gasteiger partial charge in [-0.25, -0.2) is 16.8 Å². The molecule has 0 spiro atoms. The van der Waals surface area contributed by atoms with Crippen molar-refractivity contribution in [3.8, 4) is 0 Å². The molecule has 0 saturated heterocycles. The summed E-state index contributed by atoms with van der Waals surface area (Å²) in [6.07, 6.45) is 1.30. The zero-order chi connectivity index (χ0) is 26.5. The van der Waals surface area contributed by atoms with E-state index in [1.54, 1.807) is 69.3 Å². The number of benzene rings is 3. The van der Waals surface area contributed by atoms with Crippen LogP contribution in [0.2, 0.25) is 0 Å². The molecule has 0 atom stereocenters. The van der Waals surface area contributed by atoms with E-state index >= 15 is 0 Å². The number of hydrogen-bond acceptors (Lipinski definition) is 5. The lowest BCUT2D eigenvalue weighted by Gasteiger charge is -2.24. The quantitative estimate of drug-likeness (QED) is 0.342. The van der Waals surface area contributed by atoms with Gasteiger partial charge in [-0.3, -0.25) is 9.36 Å². The van der Waals surface area contributed by atoms with Crippen LogP contribution in [-0.2, 0) is 20.0 Å². The molecule has 0 N–H and O–H groups in total. The minimum Gasteiger partial charge on any atom is -0.285 e. The van der Waals surface area contributed by atoms with Crippen LogP contribution in [0.25, 0.3) is 10.9 Å². The molecule has 1 heterocycles. The summed E-state index contributed by atoms with van der Waals surface area (Å²) in [5.41, 5.74) is 1.15. The molecule has 9 heteroatoms. The first-order chi connectivity index (χ1) is 16.7. The van der Waals surface area contributed by atoms with Crippen LogP contribution in [0.4, 0.5) is 5.69 Å². The molecule has 0 amide bonds. The molecule has 1 aromatic heterocycles. The summed E-state index contributed by atoms with van der Waals surface area (Å²) in [5, 5.41) is 0.321. The van der Waals surface area contributed by atoms with Crippen LogP contribution in [0.3, 0.4) is 0 Å². The van der Waals surface area contributed by atoms with E-state index in [0.717, 1.165) is 11.1 Å². The molecule has 0 radical (unpaired) electrons. The maximum atomic E-state index is 14.0. The van der Waals surface area contributed by atoms with Crippen LogP contribution in [0.15, 0.2) is 88.8 Å². The summed E-state index contributed by atoms with van der Waals surface area (Å²) < 4.78 is 57.8. The standard InChI is InChI=1S/C27H28N2O5S2/c1-19-10-14-21(15-11-19)35(31,32)29(36(33,34)22-16-12-20(2)13-17-22)25-18-28(26(30)27(3,4)5)24-9-7-6-8-23(24)25/h6-18H,1-5H3. The van der Waals surface area contributed by atoms with Crippen LogP contribution in [0.1, 0.15) is 36.7 Å². The molecule has 0 saturated carbocycles. The number of sulfonamides is 2.